The molecular weight excluding hydrogens is 325 g/mol. The molecule has 0 fully saturated rings. The third-order valence-corrected chi connectivity index (χ3v) is 4.28. The van der Waals surface area contributed by atoms with E-state index in [2.05, 4.69) is 0 Å². The standard InChI is InChI=1S/C19H16FNO2S/c20-15-6-4-9-17(12-15)23-14-19(22)21(13-18-10-5-11-24-18)16-7-2-1-3-8-16/h1-12H,13-14H2. The molecule has 0 aliphatic heterocycles. The van der Waals surface area contributed by atoms with Crippen molar-refractivity contribution in [2.24, 2.45) is 0 Å². The van der Waals surface area contributed by atoms with E-state index in [0.29, 0.717) is 12.3 Å². The van der Waals surface area contributed by atoms with Crippen LogP contribution in [0.1, 0.15) is 4.88 Å². The number of carbonyl (C=O) groups is 1. The minimum atomic E-state index is -0.390. The molecule has 3 rings (SSSR count). The number of hydrogen-bond donors (Lipinski definition) is 0. The molecule has 2 aromatic carbocycles. The first-order valence-corrected chi connectivity index (χ1v) is 8.36. The monoisotopic (exact) mass is 341 g/mol. The van der Waals surface area contributed by atoms with E-state index in [1.807, 2.05) is 47.8 Å². The summed E-state index contributed by atoms with van der Waals surface area (Å²) in [5.74, 6) is -0.232. The van der Waals surface area contributed by atoms with Gasteiger partial charge in [0.1, 0.15) is 11.6 Å². The Kier molecular flexibility index (Phi) is 5.23. The molecule has 0 saturated heterocycles. The number of nitrogens with zero attached hydrogens (tertiary/aromatic N) is 1. The van der Waals surface area contributed by atoms with Crippen molar-refractivity contribution in [3.05, 3.63) is 82.8 Å². The van der Waals surface area contributed by atoms with Crippen LogP contribution in [-0.4, -0.2) is 12.5 Å². The van der Waals surface area contributed by atoms with E-state index in [1.165, 1.54) is 12.1 Å². The lowest BCUT2D eigenvalue weighted by Crippen LogP contribution is -2.34. The van der Waals surface area contributed by atoms with Gasteiger partial charge in [0.2, 0.25) is 0 Å². The lowest BCUT2D eigenvalue weighted by atomic mass is 10.2. The number of hydrogen-bond acceptors (Lipinski definition) is 3. The number of rotatable bonds is 6. The van der Waals surface area contributed by atoms with Gasteiger partial charge in [0, 0.05) is 16.6 Å². The Morgan fingerprint density at radius 2 is 1.88 bits per heavy atom. The van der Waals surface area contributed by atoms with Gasteiger partial charge in [-0.2, -0.15) is 0 Å². The van der Waals surface area contributed by atoms with Crippen molar-refractivity contribution in [1.29, 1.82) is 0 Å². The fraction of sp³-hybridized carbons (Fsp3) is 0.105. The van der Waals surface area contributed by atoms with Crippen LogP contribution in [0, 0.1) is 5.82 Å². The molecule has 3 nitrogen and oxygen atoms in total. The highest BCUT2D eigenvalue weighted by molar-refractivity contribution is 7.09. The molecule has 24 heavy (non-hydrogen) atoms. The average molecular weight is 341 g/mol. The summed E-state index contributed by atoms with van der Waals surface area (Å²) in [6.45, 7) is 0.330. The number of benzene rings is 2. The van der Waals surface area contributed by atoms with E-state index in [-0.39, 0.29) is 12.5 Å². The molecule has 0 radical (unpaired) electrons. The Balaban J connectivity index is 1.73. The van der Waals surface area contributed by atoms with Crippen LogP contribution in [0.4, 0.5) is 10.1 Å². The van der Waals surface area contributed by atoms with Gasteiger partial charge in [-0.1, -0.05) is 30.3 Å². The summed E-state index contributed by atoms with van der Waals surface area (Å²) in [6.07, 6.45) is 0. The predicted octanol–water partition coefficient (Wildman–Crippen LogP) is 4.50. The van der Waals surface area contributed by atoms with Crippen molar-refractivity contribution in [2.45, 2.75) is 6.54 Å². The minimum Gasteiger partial charge on any atom is -0.484 e. The van der Waals surface area contributed by atoms with Gasteiger partial charge in [-0.3, -0.25) is 4.79 Å². The van der Waals surface area contributed by atoms with Gasteiger partial charge in [-0.05, 0) is 35.7 Å². The second-order valence-corrected chi connectivity index (χ2v) is 6.17. The quantitative estimate of drug-likeness (QED) is 0.661. The van der Waals surface area contributed by atoms with Crippen molar-refractivity contribution in [3.63, 3.8) is 0 Å². The van der Waals surface area contributed by atoms with E-state index in [9.17, 15) is 9.18 Å². The molecule has 1 heterocycles. The number of anilines is 1. The molecule has 0 aliphatic carbocycles. The minimum absolute atomic E-state index is 0.149. The highest BCUT2D eigenvalue weighted by Crippen LogP contribution is 2.20. The second kappa shape index (κ2) is 7.75. The zero-order valence-corrected chi connectivity index (χ0v) is 13.7. The van der Waals surface area contributed by atoms with E-state index in [0.717, 1.165) is 10.6 Å². The van der Waals surface area contributed by atoms with Crippen LogP contribution in [0.15, 0.2) is 72.1 Å². The molecule has 0 bridgehead atoms. The van der Waals surface area contributed by atoms with E-state index < -0.39 is 5.82 Å². The molecule has 0 aliphatic rings. The van der Waals surface area contributed by atoms with E-state index in [1.54, 1.807) is 28.4 Å². The van der Waals surface area contributed by atoms with Crippen LogP contribution < -0.4 is 9.64 Å². The predicted molar refractivity (Wildman–Crippen MR) is 93.8 cm³/mol. The zero-order valence-electron chi connectivity index (χ0n) is 12.9. The highest BCUT2D eigenvalue weighted by Gasteiger charge is 2.17. The maximum atomic E-state index is 13.2. The number of ether oxygens (including phenoxy) is 1. The lowest BCUT2D eigenvalue weighted by Gasteiger charge is -2.22. The Labute approximate surface area is 143 Å². The number of amides is 1. The molecule has 3 aromatic rings. The van der Waals surface area contributed by atoms with Crippen LogP contribution in [0.3, 0.4) is 0 Å². The second-order valence-electron chi connectivity index (χ2n) is 5.14. The number of halogens is 1. The number of carbonyl (C=O) groups excluding carboxylic acids is 1. The van der Waals surface area contributed by atoms with Gasteiger partial charge in [-0.15, -0.1) is 11.3 Å². The van der Waals surface area contributed by atoms with Gasteiger partial charge in [0.15, 0.2) is 6.61 Å². The summed E-state index contributed by atoms with van der Waals surface area (Å²) in [5, 5.41) is 1.98. The summed E-state index contributed by atoms with van der Waals surface area (Å²) in [6, 6.07) is 19.2. The third kappa shape index (κ3) is 4.20. The highest BCUT2D eigenvalue weighted by atomic mass is 32.1. The topological polar surface area (TPSA) is 29.5 Å². The van der Waals surface area contributed by atoms with Crippen LogP contribution in [-0.2, 0) is 11.3 Å². The van der Waals surface area contributed by atoms with Crippen molar-refractivity contribution in [1.82, 2.24) is 0 Å². The fourth-order valence-electron chi connectivity index (χ4n) is 2.27. The van der Waals surface area contributed by atoms with Crippen molar-refractivity contribution < 1.29 is 13.9 Å². The average Bonchev–Trinajstić information content (AvgIpc) is 3.12. The fourth-order valence-corrected chi connectivity index (χ4v) is 2.96. The summed E-state index contributed by atoms with van der Waals surface area (Å²) in [4.78, 5) is 15.4. The first kappa shape index (κ1) is 16.2. The molecular formula is C19H16FNO2S. The molecule has 0 N–H and O–H groups in total. The maximum absolute atomic E-state index is 13.2. The first-order valence-electron chi connectivity index (χ1n) is 7.48. The normalized spacial score (nSPS) is 10.4. The summed E-state index contributed by atoms with van der Waals surface area (Å²) < 4.78 is 18.6. The van der Waals surface area contributed by atoms with Gasteiger partial charge in [-0.25, -0.2) is 4.39 Å². The van der Waals surface area contributed by atoms with Gasteiger partial charge in [0.05, 0.1) is 6.54 Å². The van der Waals surface area contributed by atoms with E-state index >= 15 is 0 Å². The van der Waals surface area contributed by atoms with Crippen LogP contribution >= 0.6 is 11.3 Å². The molecule has 1 aromatic heterocycles. The Morgan fingerprint density at radius 3 is 2.58 bits per heavy atom. The van der Waals surface area contributed by atoms with Gasteiger partial charge < -0.3 is 9.64 Å². The Bertz CT molecular complexity index is 790. The van der Waals surface area contributed by atoms with Gasteiger partial charge in [0.25, 0.3) is 5.91 Å². The van der Waals surface area contributed by atoms with Crippen molar-refractivity contribution in [3.8, 4) is 5.75 Å². The van der Waals surface area contributed by atoms with Crippen LogP contribution in [0.5, 0.6) is 5.75 Å². The zero-order chi connectivity index (χ0) is 16.8. The number of thiophene rings is 1. The van der Waals surface area contributed by atoms with Crippen molar-refractivity contribution >= 4 is 22.9 Å². The Morgan fingerprint density at radius 1 is 1.04 bits per heavy atom. The molecule has 122 valence electrons. The SMILES string of the molecule is O=C(COc1cccc(F)c1)N(Cc1cccs1)c1ccccc1. The molecule has 1 amide bonds. The van der Waals surface area contributed by atoms with Crippen LogP contribution in [0.25, 0.3) is 0 Å². The first-order chi connectivity index (χ1) is 11.7. The molecule has 0 unspecified atom stereocenters. The Hall–Kier alpha value is -2.66. The summed E-state index contributed by atoms with van der Waals surface area (Å²) >= 11 is 1.60. The van der Waals surface area contributed by atoms with E-state index in [4.69, 9.17) is 4.74 Å². The van der Waals surface area contributed by atoms with Crippen molar-refractivity contribution in [2.75, 3.05) is 11.5 Å². The smallest absolute Gasteiger partial charge is 0.265 e. The number of para-hydroxylation sites is 1. The van der Waals surface area contributed by atoms with Crippen LogP contribution in [0.2, 0.25) is 0 Å². The molecule has 0 saturated carbocycles. The largest absolute Gasteiger partial charge is 0.484 e. The molecule has 0 atom stereocenters. The maximum Gasteiger partial charge on any atom is 0.265 e. The van der Waals surface area contributed by atoms with Gasteiger partial charge >= 0.3 is 0 Å². The summed E-state index contributed by atoms with van der Waals surface area (Å²) in [5.41, 5.74) is 0.804. The molecule has 0 spiro atoms. The lowest BCUT2D eigenvalue weighted by molar-refractivity contribution is -0.120. The molecule has 5 heteroatoms. The third-order valence-electron chi connectivity index (χ3n) is 3.42. The summed E-state index contributed by atoms with van der Waals surface area (Å²) in [7, 11) is 0.